The molecular formula is C15H29N3O. The number of likely N-dealkylation sites (tertiary alicyclic amines) is 2. The Kier molecular flexibility index (Phi) is 6.11. The summed E-state index contributed by atoms with van der Waals surface area (Å²) < 4.78 is 0. The highest BCUT2D eigenvalue weighted by Gasteiger charge is 2.23. The minimum Gasteiger partial charge on any atom is -0.342 e. The fraction of sp³-hybridized carbons (Fsp3) is 0.933. The van der Waals surface area contributed by atoms with Gasteiger partial charge in [0.05, 0.1) is 6.54 Å². The molecule has 2 aliphatic heterocycles. The van der Waals surface area contributed by atoms with Crippen LogP contribution in [0.3, 0.4) is 0 Å². The van der Waals surface area contributed by atoms with Crippen molar-refractivity contribution in [2.24, 2.45) is 5.92 Å². The summed E-state index contributed by atoms with van der Waals surface area (Å²) in [6.45, 7) is 5.95. The first-order valence-corrected chi connectivity index (χ1v) is 7.94. The van der Waals surface area contributed by atoms with Gasteiger partial charge in [0.1, 0.15) is 0 Å². The molecule has 2 heterocycles. The van der Waals surface area contributed by atoms with Crippen molar-refractivity contribution >= 4 is 5.91 Å². The van der Waals surface area contributed by atoms with Gasteiger partial charge in [0.2, 0.25) is 5.91 Å². The minimum absolute atomic E-state index is 0.355. The van der Waals surface area contributed by atoms with Crippen LogP contribution >= 0.6 is 0 Å². The fourth-order valence-electron chi connectivity index (χ4n) is 3.22. The maximum Gasteiger partial charge on any atom is 0.236 e. The topological polar surface area (TPSA) is 35.6 Å². The van der Waals surface area contributed by atoms with E-state index in [2.05, 4.69) is 15.1 Å². The van der Waals surface area contributed by atoms with Crippen molar-refractivity contribution in [2.75, 3.05) is 46.3 Å². The molecule has 0 aromatic carbocycles. The number of nitrogens with zero attached hydrogens (tertiary/aromatic N) is 2. The normalized spacial score (nSPS) is 22.7. The van der Waals surface area contributed by atoms with E-state index in [9.17, 15) is 4.79 Å². The second kappa shape index (κ2) is 7.85. The van der Waals surface area contributed by atoms with Crippen LogP contribution in [-0.4, -0.2) is 62.0 Å². The molecule has 4 heteroatoms. The molecule has 4 nitrogen and oxygen atoms in total. The van der Waals surface area contributed by atoms with Crippen molar-refractivity contribution in [3.63, 3.8) is 0 Å². The SMILES string of the molecule is CNCCC1CCN(CC(=O)N2CCCCC2)CC1. The minimum atomic E-state index is 0.355. The number of hydrogen-bond acceptors (Lipinski definition) is 3. The van der Waals surface area contributed by atoms with Gasteiger partial charge in [-0.3, -0.25) is 9.69 Å². The van der Waals surface area contributed by atoms with Crippen molar-refractivity contribution in [3.8, 4) is 0 Å². The standard InChI is InChI=1S/C15H29N3O/c1-16-8-5-14-6-11-17(12-7-14)13-15(19)18-9-3-2-4-10-18/h14,16H,2-13H2,1H3. The zero-order valence-electron chi connectivity index (χ0n) is 12.4. The predicted octanol–water partition coefficient (Wildman–Crippen LogP) is 1.32. The highest BCUT2D eigenvalue weighted by molar-refractivity contribution is 5.78. The highest BCUT2D eigenvalue weighted by atomic mass is 16.2. The van der Waals surface area contributed by atoms with Gasteiger partial charge in [0.25, 0.3) is 0 Å². The van der Waals surface area contributed by atoms with Gasteiger partial charge in [0.15, 0.2) is 0 Å². The molecule has 2 aliphatic rings. The van der Waals surface area contributed by atoms with Crippen molar-refractivity contribution < 1.29 is 4.79 Å². The third-order valence-corrected chi connectivity index (χ3v) is 4.58. The van der Waals surface area contributed by atoms with Gasteiger partial charge in [0, 0.05) is 13.1 Å². The van der Waals surface area contributed by atoms with E-state index in [1.807, 2.05) is 7.05 Å². The molecule has 0 aliphatic carbocycles. The van der Waals surface area contributed by atoms with Gasteiger partial charge in [-0.2, -0.15) is 0 Å². The number of carbonyl (C=O) groups excluding carboxylic acids is 1. The van der Waals surface area contributed by atoms with E-state index in [1.54, 1.807) is 0 Å². The first kappa shape index (κ1) is 14.8. The third kappa shape index (κ3) is 4.77. The van der Waals surface area contributed by atoms with Gasteiger partial charge in [-0.25, -0.2) is 0 Å². The second-order valence-corrected chi connectivity index (χ2v) is 6.05. The summed E-state index contributed by atoms with van der Waals surface area (Å²) in [6.07, 6.45) is 7.48. The molecule has 2 rings (SSSR count). The average Bonchev–Trinajstić information content (AvgIpc) is 2.47. The van der Waals surface area contributed by atoms with E-state index in [-0.39, 0.29) is 0 Å². The maximum atomic E-state index is 12.2. The molecule has 1 amide bonds. The number of amides is 1. The first-order chi connectivity index (χ1) is 9.29. The smallest absolute Gasteiger partial charge is 0.236 e. The van der Waals surface area contributed by atoms with Crippen molar-refractivity contribution in [3.05, 3.63) is 0 Å². The Morgan fingerprint density at radius 2 is 1.79 bits per heavy atom. The Morgan fingerprint density at radius 3 is 2.42 bits per heavy atom. The highest BCUT2D eigenvalue weighted by Crippen LogP contribution is 2.20. The quantitative estimate of drug-likeness (QED) is 0.816. The lowest BCUT2D eigenvalue weighted by molar-refractivity contribution is -0.133. The van der Waals surface area contributed by atoms with Crippen LogP contribution < -0.4 is 5.32 Å². The van der Waals surface area contributed by atoms with Crippen molar-refractivity contribution in [2.45, 2.75) is 38.5 Å². The molecular weight excluding hydrogens is 238 g/mol. The Labute approximate surface area is 117 Å². The van der Waals surface area contributed by atoms with Crippen LogP contribution in [0.25, 0.3) is 0 Å². The summed E-state index contributed by atoms with van der Waals surface area (Å²) in [5.74, 6) is 1.21. The average molecular weight is 267 g/mol. The van der Waals surface area contributed by atoms with E-state index < -0.39 is 0 Å². The number of hydrogen-bond donors (Lipinski definition) is 1. The van der Waals surface area contributed by atoms with Crippen LogP contribution in [0.4, 0.5) is 0 Å². The second-order valence-electron chi connectivity index (χ2n) is 6.05. The summed E-state index contributed by atoms with van der Waals surface area (Å²) >= 11 is 0. The third-order valence-electron chi connectivity index (χ3n) is 4.58. The summed E-state index contributed by atoms with van der Waals surface area (Å²) in [7, 11) is 2.02. The molecule has 0 atom stereocenters. The Morgan fingerprint density at radius 1 is 1.11 bits per heavy atom. The van der Waals surface area contributed by atoms with E-state index >= 15 is 0 Å². The van der Waals surface area contributed by atoms with Gasteiger partial charge in [-0.15, -0.1) is 0 Å². The monoisotopic (exact) mass is 267 g/mol. The zero-order valence-corrected chi connectivity index (χ0v) is 12.4. The number of piperidine rings is 2. The summed E-state index contributed by atoms with van der Waals surface area (Å²) in [6, 6.07) is 0. The van der Waals surface area contributed by atoms with Crippen LogP contribution in [0.15, 0.2) is 0 Å². The molecule has 0 aromatic rings. The van der Waals surface area contributed by atoms with Crippen molar-refractivity contribution in [1.82, 2.24) is 15.1 Å². The summed E-state index contributed by atoms with van der Waals surface area (Å²) in [4.78, 5) is 16.6. The molecule has 2 saturated heterocycles. The molecule has 0 unspecified atom stereocenters. The molecule has 1 N–H and O–H groups in total. The van der Waals surface area contributed by atoms with Gasteiger partial charge in [-0.05, 0) is 71.1 Å². The van der Waals surface area contributed by atoms with E-state index in [1.165, 1.54) is 38.5 Å². The van der Waals surface area contributed by atoms with Crippen LogP contribution in [0.5, 0.6) is 0 Å². The molecule has 19 heavy (non-hydrogen) atoms. The fourth-order valence-corrected chi connectivity index (χ4v) is 3.22. The van der Waals surface area contributed by atoms with Crippen molar-refractivity contribution in [1.29, 1.82) is 0 Å². The molecule has 110 valence electrons. The molecule has 0 saturated carbocycles. The van der Waals surface area contributed by atoms with Gasteiger partial charge < -0.3 is 10.2 Å². The zero-order chi connectivity index (χ0) is 13.5. The molecule has 2 fully saturated rings. The molecule has 0 spiro atoms. The lowest BCUT2D eigenvalue weighted by atomic mass is 9.93. The Balaban J connectivity index is 1.65. The molecule has 0 radical (unpaired) electrons. The molecule has 0 bridgehead atoms. The predicted molar refractivity (Wildman–Crippen MR) is 78.1 cm³/mol. The number of carbonyl (C=O) groups is 1. The first-order valence-electron chi connectivity index (χ1n) is 7.94. The number of nitrogens with one attached hydrogen (secondary N) is 1. The van der Waals surface area contributed by atoms with E-state index in [4.69, 9.17) is 0 Å². The maximum absolute atomic E-state index is 12.2. The number of rotatable bonds is 5. The lowest BCUT2D eigenvalue weighted by Gasteiger charge is -2.34. The summed E-state index contributed by atoms with van der Waals surface area (Å²) in [5, 5.41) is 3.23. The van der Waals surface area contributed by atoms with E-state index in [0.29, 0.717) is 12.5 Å². The van der Waals surface area contributed by atoms with Crippen LogP contribution in [-0.2, 0) is 4.79 Å². The van der Waals surface area contributed by atoms with E-state index in [0.717, 1.165) is 38.6 Å². The van der Waals surface area contributed by atoms with Gasteiger partial charge >= 0.3 is 0 Å². The van der Waals surface area contributed by atoms with Crippen LogP contribution in [0.2, 0.25) is 0 Å². The Hall–Kier alpha value is -0.610. The summed E-state index contributed by atoms with van der Waals surface area (Å²) in [5.41, 5.74) is 0. The largest absolute Gasteiger partial charge is 0.342 e. The Bertz CT molecular complexity index is 269. The lowest BCUT2D eigenvalue weighted by Crippen LogP contribution is -2.45. The van der Waals surface area contributed by atoms with Crippen LogP contribution in [0.1, 0.15) is 38.5 Å². The molecule has 0 aromatic heterocycles. The van der Waals surface area contributed by atoms with Gasteiger partial charge in [-0.1, -0.05) is 0 Å². The van der Waals surface area contributed by atoms with Crippen LogP contribution in [0, 0.1) is 5.92 Å².